The second kappa shape index (κ2) is 5.47. The number of hydrogen-bond donors (Lipinski definition) is 3. The molecule has 3 N–H and O–H groups in total. The van der Waals surface area contributed by atoms with Crippen molar-refractivity contribution in [3.05, 3.63) is 43.0 Å². The van der Waals surface area contributed by atoms with E-state index in [1.807, 2.05) is 0 Å². The van der Waals surface area contributed by atoms with E-state index in [0.29, 0.717) is 0 Å². The van der Waals surface area contributed by atoms with Crippen molar-refractivity contribution in [1.82, 2.24) is 9.55 Å². The number of aliphatic hydroxyl groups is 2. The van der Waals surface area contributed by atoms with Crippen molar-refractivity contribution in [2.45, 2.75) is 31.4 Å². The molecule has 0 amide bonds. The number of aromatic amines is 1. The van der Waals surface area contributed by atoms with Crippen LogP contribution in [0, 0.1) is 6.92 Å². The van der Waals surface area contributed by atoms with Crippen molar-refractivity contribution in [3.63, 3.8) is 0 Å². The predicted octanol–water partition coefficient (Wildman–Crippen LogP) is -1.23. The standard InChI is InChI=1S/C10H13N5O5/c1-4-2-15(10(19)12-8(4)18)9-6(13-14-11)7(17)5(3-16)20-9/h2,5-7,9,16-17H,3H2,1H3,(H,12,18,19)/t5-,6+,7?,9-/m1/s1. The molecular formula is C10H13N5O5. The first-order valence-corrected chi connectivity index (χ1v) is 5.80. The molecule has 0 bridgehead atoms. The average molecular weight is 283 g/mol. The van der Waals surface area contributed by atoms with Gasteiger partial charge in [-0.15, -0.1) is 0 Å². The van der Waals surface area contributed by atoms with Gasteiger partial charge >= 0.3 is 5.69 Å². The van der Waals surface area contributed by atoms with Gasteiger partial charge in [-0.25, -0.2) is 4.79 Å². The molecule has 2 heterocycles. The summed E-state index contributed by atoms with van der Waals surface area (Å²) in [7, 11) is 0. The van der Waals surface area contributed by atoms with E-state index in [-0.39, 0.29) is 5.56 Å². The van der Waals surface area contributed by atoms with Gasteiger partial charge in [0.15, 0.2) is 0 Å². The maximum absolute atomic E-state index is 11.8. The fourth-order valence-electron chi connectivity index (χ4n) is 2.07. The maximum Gasteiger partial charge on any atom is 0.330 e. The topological polar surface area (TPSA) is 153 Å². The SMILES string of the molecule is Cc1cn([C@@H]2O[C@H](CO)C(O)[C@@H]2N=[N+]=[N-])c(=O)[nH]c1=O. The van der Waals surface area contributed by atoms with E-state index in [2.05, 4.69) is 15.0 Å². The highest BCUT2D eigenvalue weighted by Crippen LogP contribution is 2.30. The lowest BCUT2D eigenvalue weighted by molar-refractivity contribution is -0.0465. The number of aryl methyl sites for hydroxylation is 1. The third-order valence-electron chi connectivity index (χ3n) is 3.12. The molecule has 0 saturated carbocycles. The van der Waals surface area contributed by atoms with E-state index in [4.69, 9.17) is 15.4 Å². The summed E-state index contributed by atoms with van der Waals surface area (Å²) in [6, 6.07) is -1.08. The van der Waals surface area contributed by atoms with E-state index in [0.717, 1.165) is 4.57 Å². The van der Waals surface area contributed by atoms with E-state index in [1.54, 1.807) is 0 Å². The molecule has 1 aromatic heterocycles. The maximum atomic E-state index is 11.8. The van der Waals surface area contributed by atoms with Crippen LogP contribution in [0.3, 0.4) is 0 Å². The molecular weight excluding hydrogens is 270 g/mol. The zero-order chi connectivity index (χ0) is 14.9. The van der Waals surface area contributed by atoms with Gasteiger partial charge in [0.25, 0.3) is 5.56 Å². The van der Waals surface area contributed by atoms with Crippen molar-refractivity contribution < 1.29 is 14.9 Å². The molecule has 10 nitrogen and oxygen atoms in total. The molecule has 10 heteroatoms. The Kier molecular flexibility index (Phi) is 3.91. The van der Waals surface area contributed by atoms with Gasteiger partial charge < -0.3 is 14.9 Å². The Balaban J connectivity index is 2.50. The van der Waals surface area contributed by atoms with Gasteiger partial charge in [0, 0.05) is 16.7 Å². The van der Waals surface area contributed by atoms with E-state index in [1.165, 1.54) is 13.1 Å². The summed E-state index contributed by atoms with van der Waals surface area (Å²) in [5.41, 5.74) is 7.49. The summed E-state index contributed by atoms with van der Waals surface area (Å²) in [6.45, 7) is 0.998. The average Bonchev–Trinajstić information content (AvgIpc) is 2.72. The number of nitrogens with one attached hydrogen (secondary N) is 1. The zero-order valence-electron chi connectivity index (χ0n) is 10.5. The van der Waals surface area contributed by atoms with Crippen molar-refractivity contribution >= 4 is 0 Å². The second-order valence-corrected chi connectivity index (χ2v) is 4.41. The quantitative estimate of drug-likeness (QED) is 0.360. The van der Waals surface area contributed by atoms with Gasteiger partial charge in [0.2, 0.25) is 0 Å². The normalized spacial score (nSPS) is 29.1. The Hall–Kier alpha value is -2.13. The van der Waals surface area contributed by atoms with Crippen molar-refractivity contribution in [2.75, 3.05) is 6.61 Å². The Labute approximate surface area is 111 Å². The smallest absolute Gasteiger partial charge is 0.330 e. The molecule has 1 saturated heterocycles. The Morgan fingerprint density at radius 3 is 2.90 bits per heavy atom. The molecule has 0 radical (unpaired) electrons. The van der Waals surface area contributed by atoms with E-state index >= 15 is 0 Å². The molecule has 4 atom stereocenters. The lowest BCUT2D eigenvalue weighted by Crippen LogP contribution is -2.37. The number of H-pyrrole nitrogens is 1. The minimum Gasteiger partial charge on any atom is -0.394 e. The zero-order valence-corrected chi connectivity index (χ0v) is 10.5. The largest absolute Gasteiger partial charge is 0.394 e. The first kappa shape index (κ1) is 14.3. The van der Waals surface area contributed by atoms with Crippen LogP contribution in [-0.4, -0.2) is 44.6 Å². The van der Waals surface area contributed by atoms with Gasteiger partial charge in [0.1, 0.15) is 18.4 Å². The van der Waals surface area contributed by atoms with Crippen molar-refractivity contribution in [1.29, 1.82) is 0 Å². The summed E-state index contributed by atoms with van der Waals surface area (Å²) in [6.07, 6.45) is -2.08. The second-order valence-electron chi connectivity index (χ2n) is 4.41. The number of azide groups is 1. The molecule has 1 aromatic rings. The fourth-order valence-corrected chi connectivity index (χ4v) is 2.07. The van der Waals surface area contributed by atoms with Crippen LogP contribution in [0.4, 0.5) is 0 Å². The van der Waals surface area contributed by atoms with E-state index < -0.39 is 42.3 Å². The summed E-state index contributed by atoms with van der Waals surface area (Å²) in [5, 5.41) is 22.4. The van der Waals surface area contributed by atoms with Gasteiger partial charge in [-0.05, 0) is 12.5 Å². The van der Waals surface area contributed by atoms with Crippen LogP contribution in [0.1, 0.15) is 11.8 Å². The number of nitrogens with zero attached hydrogens (tertiary/aromatic N) is 4. The van der Waals surface area contributed by atoms with Crippen LogP contribution in [0.15, 0.2) is 20.9 Å². The number of ether oxygens (including phenoxy) is 1. The fraction of sp³-hybridized carbons (Fsp3) is 0.600. The van der Waals surface area contributed by atoms with Crippen LogP contribution in [0.5, 0.6) is 0 Å². The Morgan fingerprint density at radius 2 is 2.30 bits per heavy atom. The summed E-state index contributed by atoms with van der Waals surface area (Å²) in [5.74, 6) is 0. The van der Waals surface area contributed by atoms with Crippen LogP contribution >= 0.6 is 0 Å². The van der Waals surface area contributed by atoms with Crippen LogP contribution in [0.2, 0.25) is 0 Å². The number of aromatic nitrogens is 2. The summed E-state index contributed by atoms with van der Waals surface area (Å²) < 4.78 is 6.35. The molecule has 0 aromatic carbocycles. The highest BCUT2D eigenvalue weighted by molar-refractivity contribution is 5.04. The molecule has 1 aliphatic heterocycles. The lowest BCUT2D eigenvalue weighted by atomic mass is 10.1. The first-order valence-electron chi connectivity index (χ1n) is 5.80. The molecule has 20 heavy (non-hydrogen) atoms. The predicted molar refractivity (Wildman–Crippen MR) is 66.0 cm³/mol. The van der Waals surface area contributed by atoms with Crippen molar-refractivity contribution in [2.24, 2.45) is 5.11 Å². The molecule has 0 aliphatic carbocycles. The highest BCUT2D eigenvalue weighted by Gasteiger charge is 2.44. The van der Waals surface area contributed by atoms with Gasteiger partial charge in [-0.1, -0.05) is 5.11 Å². The molecule has 1 fully saturated rings. The third-order valence-corrected chi connectivity index (χ3v) is 3.12. The molecule has 108 valence electrons. The summed E-state index contributed by atoms with van der Waals surface area (Å²) in [4.78, 5) is 27.8. The minimum absolute atomic E-state index is 0.259. The highest BCUT2D eigenvalue weighted by atomic mass is 16.5. The minimum atomic E-state index is -1.25. The third kappa shape index (κ3) is 2.32. The van der Waals surface area contributed by atoms with E-state index in [9.17, 15) is 14.7 Å². The number of rotatable bonds is 3. The van der Waals surface area contributed by atoms with Crippen molar-refractivity contribution in [3.8, 4) is 0 Å². The van der Waals surface area contributed by atoms with Crippen LogP contribution < -0.4 is 11.2 Å². The van der Waals surface area contributed by atoms with Gasteiger partial charge in [-0.3, -0.25) is 14.3 Å². The first-order chi connectivity index (χ1) is 9.49. The molecule has 0 spiro atoms. The Morgan fingerprint density at radius 1 is 1.60 bits per heavy atom. The molecule has 1 aliphatic rings. The summed E-state index contributed by atoms with van der Waals surface area (Å²) >= 11 is 0. The molecule has 2 rings (SSSR count). The van der Waals surface area contributed by atoms with Crippen LogP contribution in [0.25, 0.3) is 10.4 Å². The Bertz CT molecular complexity index is 661. The monoisotopic (exact) mass is 283 g/mol. The molecule has 1 unspecified atom stereocenters. The lowest BCUT2D eigenvalue weighted by Gasteiger charge is -2.17. The van der Waals surface area contributed by atoms with Gasteiger partial charge in [0.05, 0.1) is 12.7 Å². The number of hydrogen-bond acceptors (Lipinski definition) is 6. The van der Waals surface area contributed by atoms with Gasteiger partial charge in [-0.2, -0.15) is 0 Å². The van der Waals surface area contributed by atoms with Crippen LogP contribution in [-0.2, 0) is 4.74 Å². The number of aliphatic hydroxyl groups excluding tert-OH is 2.